The monoisotopic (exact) mass is 400 g/mol. The summed E-state index contributed by atoms with van der Waals surface area (Å²) in [4.78, 5) is 12.2. The highest BCUT2D eigenvalue weighted by molar-refractivity contribution is 7.99. The van der Waals surface area contributed by atoms with Crippen molar-refractivity contribution in [3.63, 3.8) is 0 Å². The average molecular weight is 401 g/mol. The summed E-state index contributed by atoms with van der Waals surface area (Å²) in [6.45, 7) is 0.315. The van der Waals surface area contributed by atoms with Gasteiger partial charge in [-0.15, -0.1) is 0 Å². The fourth-order valence-electron chi connectivity index (χ4n) is 3.00. The standard InChI is InChI=1S/C18H28N2O4S2/c1-24-16-8-6-7-15(13-16)20(26(2,22)23)14-18(21)19-11-12-25-17-9-4-3-5-10-17/h6-8,13,17H,3-5,9-12,14H2,1-2H3,(H,19,21). The molecule has 0 bridgehead atoms. The van der Waals surface area contributed by atoms with Gasteiger partial charge in [0.1, 0.15) is 12.3 Å². The molecule has 1 N–H and O–H groups in total. The van der Waals surface area contributed by atoms with Crippen LogP contribution < -0.4 is 14.4 Å². The zero-order chi connectivity index (χ0) is 19.0. The van der Waals surface area contributed by atoms with Gasteiger partial charge in [-0.05, 0) is 25.0 Å². The molecule has 26 heavy (non-hydrogen) atoms. The number of hydrogen-bond acceptors (Lipinski definition) is 5. The first-order valence-electron chi connectivity index (χ1n) is 8.90. The van der Waals surface area contributed by atoms with Crippen LogP contribution in [0.5, 0.6) is 5.75 Å². The molecule has 1 aliphatic carbocycles. The summed E-state index contributed by atoms with van der Waals surface area (Å²) >= 11 is 1.90. The van der Waals surface area contributed by atoms with E-state index in [4.69, 9.17) is 4.74 Å². The van der Waals surface area contributed by atoms with E-state index in [2.05, 4.69) is 5.32 Å². The second-order valence-corrected chi connectivity index (χ2v) is 9.77. The third-order valence-electron chi connectivity index (χ3n) is 4.36. The molecule has 0 spiro atoms. The highest BCUT2D eigenvalue weighted by Gasteiger charge is 2.21. The third kappa shape index (κ3) is 6.72. The second kappa shape index (κ2) is 10.1. The molecule has 0 saturated heterocycles. The number of hydrogen-bond donors (Lipinski definition) is 1. The number of anilines is 1. The number of carbonyl (C=O) groups excluding carboxylic acids is 1. The molecule has 6 nitrogen and oxygen atoms in total. The summed E-state index contributed by atoms with van der Waals surface area (Å²) in [5.74, 6) is 1.09. The summed E-state index contributed by atoms with van der Waals surface area (Å²) < 4.78 is 30.4. The van der Waals surface area contributed by atoms with Crippen molar-refractivity contribution in [1.29, 1.82) is 0 Å². The number of sulfonamides is 1. The maximum atomic E-state index is 12.2. The molecule has 2 rings (SSSR count). The Morgan fingerprint density at radius 1 is 1.31 bits per heavy atom. The molecule has 8 heteroatoms. The Labute approximate surface area is 160 Å². The van der Waals surface area contributed by atoms with Gasteiger partial charge in [-0.1, -0.05) is 25.3 Å². The molecule has 1 aromatic rings. The van der Waals surface area contributed by atoms with Gasteiger partial charge in [-0.3, -0.25) is 9.10 Å². The van der Waals surface area contributed by atoms with Gasteiger partial charge in [0.15, 0.2) is 0 Å². The van der Waals surface area contributed by atoms with E-state index in [9.17, 15) is 13.2 Å². The molecular weight excluding hydrogens is 372 g/mol. The minimum atomic E-state index is -3.57. The normalized spacial score (nSPS) is 15.5. The molecule has 146 valence electrons. The fourth-order valence-corrected chi connectivity index (χ4v) is 5.07. The van der Waals surface area contributed by atoms with Gasteiger partial charge in [-0.25, -0.2) is 8.42 Å². The van der Waals surface area contributed by atoms with E-state index in [1.165, 1.54) is 39.2 Å². The first-order chi connectivity index (χ1) is 12.4. The third-order valence-corrected chi connectivity index (χ3v) is 6.88. The number of ether oxygens (including phenoxy) is 1. The maximum absolute atomic E-state index is 12.2. The lowest BCUT2D eigenvalue weighted by Crippen LogP contribution is -2.41. The van der Waals surface area contributed by atoms with Crippen LogP contribution in [0.3, 0.4) is 0 Å². The number of nitrogens with one attached hydrogen (secondary N) is 1. The highest BCUT2D eigenvalue weighted by Crippen LogP contribution is 2.27. The van der Waals surface area contributed by atoms with E-state index in [-0.39, 0.29) is 12.5 Å². The number of amides is 1. The van der Waals surface area contributed by atoms with Gasteiger partial charge in [0, 0.05) is 23.6 Å². The Bertz CT molecular complexity index is 688. The zero-order valence-electron chi connectivity index (χ0n) is 15.4. The molecule has 0 atom stereocenters. The van der Waals surface area contributed by atoms with E-state index >= 15 is 0 Å². The van der Waals surface area contributed by atoms with E-state index in [1.54, 1.807) is 24.3 Å². The van der Waals surface area contributed by atoms with Crippen molar-refractivity contribution in [2.24, 2.45) is 0 Å². The van der Waals surface area contributed by atoms with Crippen LogP contribution in [0.15, 0.2) is 24.3 Å². The van der Waals surface area contributed by atoms with Gasteiger partial charge in [0.05, 0.1) is 19.1 Å². The quantitative estimate of drug-likeness (QED) is 0.645. The molecule has 1 fully saturated rings. The van der Waals surface area contributed by atoms with E-state index in [1.807, 2.05) is 11.8 Å². The Morgan fingerprint density at radius 2 is 2.04 bits per heavy atom. The predicted octanol–water partition coefficient (Wildman–Crippen LogP) is 2.64. The number of carbonyl (C=O) groups is 1. The molecule has 1 amide bonds. The second-order valence-electron chi connectivity index (χ2n) is 6.45. The Kier molecular flexibility index (Phi) is 8.09. The Balaban J connectivity index is 1.86. The SMILES string of the molecule is COc1cccc(N(CC(=O)NCCSC2CCCCC2)S(C)(=O)=O)c1. The van der Waals surface area contributed by atoms with Crippen LogP contribution in [0.1, 0.15) is 32.1 Å². The minimum Gasteiger partial charge on any atom is -0.497 e. The number of benzene rings is 1. The van der Waals surface area contributed by atoms with Gasteiger partial charge in [0.2, 0.25) is 15.9 Å². The van der Waals surface area contributed by atoms with Gasteiger partial charge >= 0.3 is 0 Å². The van der Waals surface area contributed by atoms with Crippen LogP contribution in [0.4, 0.5) is 5.69 Å². The number of methoxy groups -OCH3 is 1. The summed E-state index contributed by atoms with van der Waals surface area (Å²) in [5.41, 5.74) is 0.415. The van der Waals surface area contributed by atoms with Crippen LogP contribution in [-0.2, 0) is 14.8 Å². The van der Waals surface area contributed by atoms with Crippen molar-refractivity contribution in [2.45, 2.75) is 37.4 Å². The largest absolute Gasteiger partial charge is 0.497 e. The summed E-state index contributed by atoms with van der Waals surface area (Å²) in [5, 5.41) is 3.53. The molecule has 0 unspecified atom stereocenters. The number of nitrogens with zero attached hydrogens (tertiary/aromatic N) is 1. The lowest BCUT2D eigenvalue weighted by Gasteiger charge is -2.23. The molecular formula is C18H28N2O4S2. The molecule has 0 heterocycles. The summed E-state index contributed by atoms with van der Waals surface area (Å²) in [6, 6.07) is 6.68. The molecule has 0 aliphatic heterocycles. The summed E-state index contributed by atoms with van der Waals surface area (Å²) in [6.07, 6.45) is 7.55. The van der Waals surface area contributed by atoms with Crippen molar-refractivity contribution < 1.29 is 17.9 Å². The van der Waals surface area contributed by atoms with Crippen LogP contribution >= 0.6 is 11.8 Å². The smallest absolute Gasteiger partial charge is 0.240 e. The lowest BCUT2D eigenvalue weighted by atomic mass is 10.0. The molecule has 1 aromatic carbocycles. The maximum Gasteiger partial charge on any atom is 0.240 e. The van der Waals surface area contributed by atoms with Crippen LogP contribution in [0, 0.1) is 0 Å². The van der Waals surface area contributed by atoms with E-state index in [0.717, 1.165) is 16.3 Å². The molecule has 0 radical (unpaired) electrons. The zero-order valence-corrected chi connectivity index (χ0v) is 17.1. The van der Waals surface area contributed by atoms with E-state index in [0.29, 0.717) is 23.2 Å². The van der Waals surface area contributed by atoms with Crippen molar-refractivity contribution in [2.75, 3.05) is 36.5 Å². The van der Waals surface area contributed by atoms with Gasteiger partial charge in [-0.2, -0.15) is 11.8 Å². The predicted molar refractivity (Wildman–Crippen MR) is 108 cm³/mol. The Hall–Kier alpha value is -1.41. The van der Waals surface area contributed by atoms with Gasteiger partial charge in [0.25, 0.3) is 0 Å². The number of rotatable bonds is 9. The van der Waals surface area contributed by atoms with Crippen LogP contribution in [0.2, 0.25) is 0 Å². The lowest BCUT2D eigenvalue weighted by molar-refractivity contribution is -0.119. The number of thioether (sulfide) groups is 1. The molecule has 0 aromatic heterocycles. The Morgan fingerprint density at radius 3 is 2.69 bits per heavy atom. The highest BCUT2D eigenvalue weighted by atomic mass is 32.2. The van der Waals surface area contributed by atoms with Gasteiger partial charge < -0.3 is 10.1 Å². The topological polar surface area (TPSA) is 75.7 Å². The van der Waals surface area contributed by atoms with Crippen LogP contribution in [-0.4, -0.2) is 51.8 Å². The summed E-state index contributed by atoms with van der Waals surface area (Å²) in [7, 11) is -2.06. The molecule has 1 aliphatic rings. The fraction of sp³-hybridized carbons (Fsp3) is 0.611. The molecule has 1 saturated carbocycles. The first-order valence-corrected chi connectivity index (χ1v) is 11.8. The van der Waals surface area contributed by atoms with Crippen molar-refractivity contribution in [1.82, 2.24) is 5.32 Å². The van der Waals surface area contributed by atoms with Crippen molar-refractivity contribution in [3.8, 4) is 5.75 Å². The first kappa shape index (κ1) is 20.9. The van der Waals surface area contributed by atoms with Crippen LogP contribution in [0.25, 0.3) is 0 Å². The van der Waals surface area contributed by atoms with Crippen molar-refractivity contribution in [3.05, 3.63) is 24.3 Å². The average Bonchev–Trinajstić information content (AvgIpc) is 2.63. The van der Waals surface area contributed by atoms with Crippen molar-refractivity contribution >= 4 is 33.4 Å². The minimum absolute atomic E-state index is 0.236. The van der Waals surface area contributed by atoms with E-state index < -0.39 is 10.0 Å².